The maximum absolute atomic E-state index is 13.8. The Labute approximate surface area is 149 Å². The first-order chi connectivity index (χ1) is 12.2. The molecule has 1 saturated heterocycles. The van der Waals surface area contributed by atoms with Gasteiger partial charge in [0, 0.05) is 38.2 Å². The van der Waals surface area contributed by atoms with Gasteiger partial charge in [-0.1, -0.05) is 48.5 Å². The van der Waals surface area contributed by atoms with E-state index in [0.717, 1.165) is 32.5 Å². The maximum atomic E-state index is 13.8. The molecule has 3 nitrogen and oxygen atoms in total. The van der Waals surface area contributed by atoms with Crippen LogP contribution < -0.4 is 0 Å². The number of carbonyl (C=O) groups is 1. The standard InChI is InChI=1S/C21H25FN2O/c22-20-11-5-4-10-19(20)17-24-16-15-23(14-12-21(24)25)13-6-9-18-7-2-1-3-8-18/h1-5,7-8,10-11H,6,9,12-17H2. The minimum absolute atomic E-state index is 0.119. The van der Waals surface area contributed by atoms with Crippen molar-refractivity contribution in [1.82, 2.24) is 9.80 Å². The lowest BCUT2D eigenvalue weighted by Crippen LogP contribution is -2.33. The number of carbonyl (C=O) groups excluding carboxylic acids is 1. The molecule has 25 heavy (non-hydrogen) atoms. The molecule has 0 radical (unpaired) electrons. The van der Waals surface area contributed by atoms with E-state index in [1.807, 2.05) is 12.1 Å². The summed E-state index contributed by atoms with van der Waals surface area (Å²) in [7, 11) is 0. The van der Waals surface area contributed by atoms with Crippen molar-refractivity contribution in [2.24, 2.45) is 0 Å². The molecule has 1 heterocycles. The number of halogens is 1. The Bertz CT molecular complexity index is 689. The molecule has 1 aliphatic rings. The monoisotopic (exact) mass is 340 g/mol. The Kier molecular flexibility index (Phi) is 6.18. The molecule has 2 aromatic carbocycles. The quantitative estimate of drug-likeness (QED) is 0.804. The van der Waals surface area contributed by atoms with Crippen LogP contribution in [0.15, 0.2) is 54.6 Å². The lowest BCUT2D eigenvalue weighted by molar-refractivity contribution is -0.131. The maximum Gasteiger partial charge on any atom is 0.224 e. The third-order valence-corrected chi connectivity index (χ3v) is 4.78. The molecule has 4 heteroatoms. The van der Waals surface area contributed by atoms with Crippen LogP contribution in [-0.4, -0.2) is 41.9 Å². The molecule has 0 unspecified atom stereocenters. The van der Waals surface area contributed by atoms with Crippen LogP contribution in [0, 0.1) is 5.82 Å². The van der Waals surface area contributed by atoms with E-state index in [0.29, 0.717) is 25.1 Å². The van der Waals surface area contributed by atoms with Crippen LogP contribution in [0.4, 0.5) is 4.39 Å². The minimum atomic E-state index is -0.237. The molecule has 1 fully saturated rings. The highest BCUT2D eigenvalue weighted by Crippen LogP contribution is 2.14. The van der Waals surface area contributed by atoms with E-state index >= 15 is 0 Å². The number of rotatable bonds is 6. The van der Waals surface area contributed by atoms with Crippen LogP contribution in [0.1, 0.15) is 24.0 Å². The number of aryl methyl sites for hydroxylation is 1. The zero-order chi connectivity index (χ0) is 17.5. The van der Waals surface area contributed by atoms with Crippen molar-refractivity contribution in [1.29, 1.82) is 0 Å². The van der Waals surface area contributed by atoms with E-state index in [4.69, 9.17) is 0 Å². The Balaban J connectivity index is 1.49. The van der Waals surface area contributed by atoms with Crippen molar-refractivity contribution >= 4 is 5.91 Å². The van der Waals surface area contributed by atoms with Crippen LogP contribution in [0.3, 0.4) is 0 Å². The van der Waals surface area contributed by atoms with Gasteiger partial charge in [-0.05, 0) is 31.0 Å². The predicted molar refractivity (Wildman–Crippen MR) is 97.6 cm³/mol. The molecule has 0 N–H and O–H groups in total. The molecule has 2 aromatic rings. The third-order valence-electron chi connectivity index (χ3n) is 4.78. The predicted octanol–water partition coefficient (Wildman–Crippen LogP) is 3.49. The average molecular weight is 340 g/mol. The number of hydrogen-bond acceptors (Lipinski definition) is 2. The molecule has 0 aliphatic carbocycles. The van der Waals surface area contributed by atoms with Crippen LogP contribution in [-0.2, 0) is 17.8 Å². The van der Waals surface area contributed by atoms with E-state index in [1.54, 1.807) is 17.0 Å². The van der Waals surface area contributed by atoms with Crippen LogP contribution in [0.25, 0.3) is 0 Å². The summed E-state index contributed by atoms with van der Waals surface area (Å²) < 4.78 is 13.8. The molecule has 0 atom stereocenters. The lowest BCUT2D eigenvalue weighted by Gasteiger charge is -2.22. The molecule has 0 aromatic heterocycles. The van der Waals surface area contributed by atoms with Crippen LogP contribution in [0.2, 0.25) is 0 Å². The Morgan fingerprint density at radius 3 is 2.48 bits per heavy atom. The highest BCUT2D eigenvalue weighted by molar-refractivity contribution is 5.76. The number of hydrogen-bond donors (Lipinski definition) is 0. The van der Waals surface area contributed by atoms with E-state index in [2.05, 4.69) is 29.2 Å². The van der Waals surface area contributed by atoms with Crippen molar-refractivity contribution in [2.45, 2.75) is 25.8 Å². The molecule has 0 saturated carbocycles. The third kappa shape index (κ3) is 5.13. The summed E-state index contributed by atoms with van der Waals surface area (Å²) in [4.78, 5) is 16.5. The van der Waals surface area contributed by atoms with Gasteiger partial charge in [0.2, 0.25) is 5.91 Å². The van der Waals surface area contributed by atoms with Crippen molar-refractivity contribution in [3.63, 3.8) is 0 Å². The van der Waals surface area contributed by atoms with E-state index in [9.17, 15) is 9.18 Å². The van der Waals surface area contributed by atoms with E-state index < -0.39 is 0 Å². The summed E-state index contributed by atoms with van der Waals surface area (Å²) in [6.07, 6.45) is 2.66. The van der Waals surface area contributed by atoms with Crippen molar-refractivity contribution in [2.75, 3.05) is 26.2 Å². The topological polar surface area (TPSA) is 23.6 Å². The van der Waals surface area contributed by atoms with Gasteiger partial charge < -0.3 is 9.80 Å². The van der Waals surface area contributed by atoms with Gasteiger partial charge in [-0.15, -0.1) is 0 Å². The van der Waals surface area contributed by atoms with Gasteiger partial charge in [0.15, 0.2) is 0 Å². The van der Waals surface area contributed by atoms with Gasteiger partial charge >= 0.3 is 0 Å². The van der Waals surface area contributed by atoms with Crippen molar-refractivity contribution < 1.29 is 9.18 Å². The number of nitrogens with zero attached hydrogens (tertiary/aromatic N) is 2. The van der Waals surface area contributed by atoms with Gasteiger partial charge in [0.05, 0.1) is 0 Å². The molecule has 132 valence electrons. The summed E-state index contributed by atoms with van der Waals surface area (Å²) in [6.45, 7) is 3.67. The Hall–Kier alpha value is -2.20. The van der Waals surface area contributed by atoms with Crippen molar-refractivity contribution in [3.05, 3.63) is 71.5 Å². The number of benzene rings is 2. The summed E-state index contributed by atoms with van der Waals surface area (Å²) in [5.74, 6) is -0.118. The zero-order valence-electron chi connectivity index (χ0n) is 14.5. The fourth-order valence-corrected chi connectivity index (χ4v) is 3.29. The van der Waals surface area contributed by atoms with Gasteiger partial charge in [0.1, 0.15) is 5.82 Å². The highest BCUT2D eigenvalue weighted by atomic mass is 19.1. The smallest absolute Gasteiger partial charge is 0.224 e. The van der Waals surface area contributed by atoms with E-state index in [-0.39, 0.29) is 11.7 Å². The van der Waals surface area contributed by atoms with Gasteiger partial charge in [-0.2, -0.15) is 0 Å². The molecule has 1 aliphatic heterocycles. The Morgan fingerprint density at radius 1 is 0.920 bits per heavy atom. The van der Waals surface area contributed by atoms with Crippen molar-refractivity contribution in [3.8, 4) is 0 Å². The molecular weight excluding hydrogens is 315 g/mol. The molecule has 0 bridgehead atoms. The zero-order valence-corrected chi connectivity index (χ0v) is 14.5. The second-order valence-electron chi connectivity index (χ2n) is 6.59. The molecule has 0 spiro atoms. The first kappa shape index (κ1) is 17.6. The fraction of sp³-hybridized carbons (Fsp3) is 0.381. The largest absolute Gasteiger partial charge is 0.337 e. The first-order valence-electron chi connectivity index (χ1n) is 9.00. The molecule has 3 rings (SSSR count). The Morgan fingerprint density at radius 2 is 1.68 bits per heavy atom. The van der Waals surface area contributed by atoms with E-state index in [1.165, 1.54) is 11.6 Å². The highest BCUT2D eigenvalue weighted by Gasteiger charge is 2.21. The van der Waals surface area contributed by atoms with Gasteiger partial charge in [-0.25, -0.2) is 4.39 Å². The summed E-state index contributed by atoms with van der Waals surface area (Å²) in [6, 6.07) is 17.2. The number of amides is 1. The summed E-state index contributed by atoms with van der Waals surface area (Å²) in [5, 5.41) is 0. The second kappa shape index (κ2) is 8.77. The SMILES string of the molecule is O=C1CCN(CCCc2ccccc2)CCN1Cc1ccccc1F. The lowest BCUT2D eigenvalue weighted by atomic mass is 10.1. The fourth-order valence-electron chi connectivity index (χ4n) is 3.29. The van der Waals surface area contributed by atoms with Crippen LogP contribution in [0.5, 0.6) is 0 Å². The summed E-state index contributed by atoms with van der Waals surface area (Å²) in [5.41, 5.74) is 1.95. The summed E-state index contributed by atoms with van der Waals surface area (Å²) >= 11 is 0. The van der Waals surface area contributed by atoms with Gasteiger partial charge in [0.25, 0.3) is 0 Å². The van der Waals surface area contributed by atoms with Crippen LogP contribution >= 0.6 is 0 Å². The minimum Gasteiger partial charge on any atom is -0.337 e. The molecule has 1 amide bonds. The molecular formula is C21H25FN2O. The van der Waals surface area contributed by atoms with Gasteiger partial charge in [-0.3, -0.25) is 4.79 Å². The first-order valence-corrected chi connectivity index (χ1v) is 9.00. The second-order valence-corrected chi connectivity index (χ2v) is 6.59. The average Bonchev–Trinajstić information content (AvgIpc) is 2.80. The normalized spacial score (nSPS) is 16.0.